The van der Waals surface area contributed by atoms with Gasteiger partial charge in [-0.15, -0.1) is 0 Å². The van der Waals surface area contributed by atoms with Crippen LogP contribution in [0.1, 0.15) is 18.9 Å². The third kappa shape index (κ3) is 2.07. The Morgan fingerprint density at radius 3 is 2.93 bits per heavy atom. The molecule has 0 N–H and O–H groups in total. The van der Waals surface area contributed by atoms with E-state index >= 15 is 0 Å². The molecule has 0 aliphatic carbocycles. The third-order valence-electron chi connectivity index (χ3n) is 2.77. The maximum atomic E-state index is 11.8. The number of aryl methyl sites for hydroxylation is 1. The lowest BCUT2D eigenvalue weighted by Crippen LogP contribution is -2.27. The summed E-state index contributed by atoms with van der Waals surface area (Å²) in [4.78, 5) is 13.6. The van der Waals surface area contributed by atoms with Gasteiger partial charge in [-0.25, -0.2) is 0 Å². The van der Waals surface area contributed by atoms with Crippen LogP contribution in [0.4, 0.5) is 5.69 Å². The Kier molecular flexibility index (Phi) is 3.10. The fraction of sp³-hybridized carbons (Fsp3) is 0.417. The standard InChI is InChI=1S/C12H14BrNO/c1-2-9-4-3-5-10(8-9)14-7-6-11(13)12(14)15/h3-5,8,11H,2,6-7H2,1H3. The second-order valence-corrected chi connectivity index (χ2v) is 4.87. The van der Waals surface area contributed by atoms with Crippen molar-refractivity contribution >= 4 is 27.5 Å². The highest BCUT2D eigenvalue weighted by Gasteiger charge is 2.30. The Balaban J connectivity index is 2.26. The van der Waals surface area contributed by atoms with Crippen molar-refractivity contribution in [3.8, 4) is 0 Å². The predicted molar refractivity (Wildman–Crippen MR) is 65.5 cm³/mol. The van der Waals surface area contributed by atoms with Crippen LogP contribution in [0.15, 0.2) is 24.3 Å². The summed E-state index contributed by atoms with van der Waals surface area (Å²) in [5.74, 6) is 0.184. The van der Waals surface area contributed by atoms with E-state index in [0.717, 1.165) is 25.1 Å². The summed E-state index contributed by atoms with van der Waals surface area (Å²) in [6.07, 6.45) is 1.91. The molecule has 1 heterocycles. The van der Waals surface area contributed by atoms with E-state index in [-0.39, 0.29) is 10.7 Å². The summed E-state index contributed by atoms with van der Waals surface area (Å²) < 4.78 is 0. The number of halogens is 1. The van der Waals surface area contributed by atoms with Crippen LogP contribution in [0, 0.1) is 0 Å². The minimum absolute atomic E-state index is 0.00258. The molecule has 1 fully saturated rings. The topological polar surface area (TPSA) is 20.3 Å². The molecule has 1 saturated heterocycles. The van der Waals surface area contributed by atoms with Crippen molar-refractivity contribution in [1.82, 2.24) is 0 Å². The molecule has 80 valence electrons. The van der Waals surface area contributed by atoms with Crippen LogP contribution in [0.2, 0.25) is 0 Å². The molecule has 2 rings (SSSR count). The van der Waals surface area contributed by atoms with E-state index in [1.54, 1.807) is 0 Å². The monoisotopic (exact) mass is 267 g/mol. The van der Waals surface area contributed by atoms with Gasteiger partial charge in [0.2, 0.25) is 5.91 Å². The lowest BCUT2D eigenvalue weighted by Gasteiger charge is -2.16. The van der Waals surface area contributed by atoms with Crippen molar-refractivity contribution in [3.63, 3.8) is 0 Å². The summed E-state index contributed by atoms with van der Waals surface area (Å²) in [7, 11) is 0. The number of alkyl halides is 1. The Hall–Kier alpha value is -0.830. The maximum Gasteiger partial charge on any atom is 0.240 e. The van der Waals surface area contributed by atoms with E-state index in [9.17, 15) is 4.79 Å². The molecule has 2 nitrogen and oxygen atoms in total. The Morgan fingerprint density at radius 2 is 2.33 bits per heavy atom. The molecule has 0 radical (unpaired) electrons. The highest BCUT2D eigenvalue weighted by atomic mass is 79.9. The minimum Gasteiger partial charge on any atom is -0.311 e. The molecule has 0 bridgehead atoms. The number of hydrogen-bond acceptors (Lipinski definition) is 1. The van der Waals surface area contributed by atoms with Gasteiger partial charge in [-0.2, -0.15) is 0 Å². The number of hydrogen-bond donors (Lipinski definition) is 0. The second kappa shape index (κ2) is 4.35. The SMILES string of the molecule is CCc1cccc(N2CCC(Br)C2=O)c1. The Bertz CT molecular complexity index is 378. The summed E-state index contributed by atoms with van der Waals surface area (Å²) >= 11 is 3.39. The molecule has 1 atom stereocenters. The first-order valence-corrected chi connectivity index (χ1v) is 6.18. The summed E-state index contributed by atoms with van der Waals surface area (Å²) in [5, 5.41) is 0. The number of nitrogens with zero attached hydrogens (tertiary/aromatic N) is 1. The van der Waals surface area contributed by atoms with E-state index < -0.39 is 0 Å². The van der Waals surface area contributed by atoms with Crippen molar-refractivity contribution in [2.24, 2.45) is 0 Å². The Morgan fingerprint density at radius 1 is 1.53 bits per heavy atom. The molecule has 1 aliphatic heterocycles. The minimum atomic E-state index is 0.00258. The van der Waals surface area contributed by atoms with Crippen molar-refractivity contribution in [2.45, 2.75) is 24.6 Å². The molecule has 0 spiro atoms. The lowest BCUT2D eigenvalue weighted by atomic mass is 10.1. The van der Waals surface area contributed by atoms with Crippen LogP contribution in [0.5, 0.6) is 0 Å². The Labute approximate surface area is 98.4 Å². The maximum absolute atomic E-state index is 11.8. The molecular formula is C12H14BrNO. The van der Waals surface area contributed by atoms with Gasteiger partial charge in [-0.05, 0) is 30.5 Å². The smallest absolute Gasteiger partial charge is 0.240 e. The quantitative estimate of drug-likeness (QED) is 0.755. The number of amides is 1. The molecule has 3 heteroatoms. The number of carbonyl (C=O) groups excluding carboxylic acids is 1. The largest absolute Gasteiger partial charge is 0.311 e. The zero-order valence-electron chi connectivity index (χ0n) is 8.74. The third-order valence-corrected chi connectivity index (χ3v) is 3.62. The normalized spacial score (nSPS) is 21.1. The fourth-order valence-corrected chi connectivity index (χ4v) is 2.30. The van der Waals surface area contributed by atoms with Crippen LogP contribution in [0.3, 0.4) is 0 Å². The lowest BCUT2D eigenvalue weighted by molar-refractivity contribution is -0.116. The first-order chi connectivity index (χ1) is 7.22. The zero-order chi connectivity index (χ0) is 10.8. The molecule has 1 aliphatic rings. The number of rotatable bonds is 2. The molecule has 15 heavy (non-hydrogen) atoms. The highest BCUT2D eigenvalue weighted by Crippen LogP contribution is 2.25. The van der Waals surface area contributed by atoms with Crippen molar-refractivity contribution in [3.05, 3.63) is 29.8 Å². The first kappa shape index (κ1) is 10.7. The highest BCUT2D eigenvalue weighted by molar-refractivity contribution is 9.10. The van der Waals surface area contributed by atoms with Gasteiger partial charge >= 0.3 is 0 Å². The van der Waals surface area contributed by atoms with E-state index in [4.69, 9.17) is 0 Å². The average Bonchev–Trinajstić information content (AvgIpc) is 2.60. The molecule has 1 amide bonds. The van der Waals surface area contributed by atoms with Gasteiger partial charge in [-0.1, -0.05) is 35.0 Å². The molecule has 1 aromatic carbocycles. The van der Waals surface area contributed by atoms with E-state index in [1.807, 2.05) is 17.0 Å². The van der Waals surface area contributed by atoms with Crippen LogP contribution in [-0.2, 0) is 11.2 Å². The van der Waals surface area contributed by atoms with Gasteiger partial charge in [0.1, 0.15) is 0 Å². The van der Waals surface area contributed by atoms with Crippen molar-refractivity contribution in [1.29, 1.82) is 0 Å². The summed E-state index contributed by atoms with van der Waals surface area (Å²) in [6, 6.07) is 8.21. The second-order valence-electron chi connectivity index (χ2n) is 3.77. The number of benzene rings is 1. The molecular weight excluding hydrogens is 254 g/mol. The van der Waals surface area contributed by atoms with Crippen LogP contribution in [-0.4, -0.2) is 17.3 Å². The molecule has 1 aromatic rings. The molecule has 0 aromatic heterocycles. The number of anilines is 1. The predicted octanol–water partition coefficient (Wildman–Crippen LogP) is 2.75. The number of carbonyl (C=O) groups is 1. The van der Waals surface area contributed by atoms with Gasteiger partial charge < -0.3 is 4.90 Å². The van der Waals surface area contributed by atoms with E-state index in [0.29, 0.717) is 0 Å². The van der Waals surface area contributed by atoms with Gasteiger partial charge in [0.15, 0.2) is 0 Å². The zero-order valence-corrected chi connectivity index (χ0v) is 10.3. The van der Waals surface area contributed by atoms with Crippen molar-refractivity contribution < 1.29 is 4.79 Å². The van der Waals surface area contributed by atoms with Crippen LogP contribution in [0.25, 0.3) is 0 Å². The van der Waals surface area contributed by atoms with Gasteiger partial charge in [-0.3, -0.25) is 4.79 Å². The summed E-state index contributed by atoms with van der Waals surface area (Å²) in [5.41, 5.74) is 2.31. The first-order valence-electron chi connectivity index (χ1n) is 5.26. The van der Waals surface area contributed by atoms with E-state index in [1.165, 1.54) is 5.56 Å². The fourth-order valence-electron chi connectivity index (χ4n) is 1.85. The molecule has 0 saturated carbocycles. The van der Waals surface area contributed by atoms with Crippen molar-refractivity contribution in [2.75, 3.05) is 11.4 Å². The van der Waals surface area contributed by atoms with Crippen LogP contribution >= 0.6 is 15.9 Å². The average molecular weight is 268 g/mol. The van der Waals surface area contributed by atoms with Gasteiger partial charge in [0, 0.05) is 12.2 Å². The summed E-state index contributed by atoms with van der Waals surface area (Å²) in [6.45, 7) is 2.94. The van der Waals surface area contributed by atoms with E-state index in [2.05, 4.69) is 35.0 Å². The van der Waals surface area contributed by atoms with Gasteiger partial charge in [0.25, 0.3) is 0 Å². The van der Waals surface area contributed by atoms with Gasteiger partial charge in [0.05, 0.1) is 4.83 Å². The molecule has 1 unspecified atom stereocenters. The van der Waals surface area contributed by atoms with Crippen LogP contribution < -0.4 is 4.90 Å².